The first kappa shape index (κ1) is 22.9. The Labute approximate surface area is 196 Å². The SMILES string of the molecule is CC1(O)CC(n2ncc(-c3cc(-c4c(F)cccc4Cl)cn3C(=O)OC3CC3)c2C(F)(F)F)C1. The largest absolute Gasteiger partial charge is 0.446 e. The Hall–Kier alpha value is -2.85. The first-order chi connectivity index (χ1) is 15.9. The minimum Gasteiger partial charge on any atom is -0.446 e. The van der Waals surface area contributed by atoms with Crippen molar-refractivity contribution in [3.05, 3.63) is 53.2 Å². The third kappa shape index (κ3) is 4.09. The summed E-state index contributed by atoms with van der Waals surface area (Å²) in [7, 11) is 0. The van der Waals surface area contributed by atoms with Crippen LogP contribution in [-0.4, -0.2) is 37.3 Å². The Morgan fingerprint density at radius 3 is 2.59 bits per heavy atom. The molecule has 11 heteroatoms. The maximum Gasteiger partial charge on any atom is 0.433 e. The van der Waals surface area contributed by atoms with E-state index in [1.54, 1.807) is 6.92 Å². The normalized spacial score (nSPS) is 22.5. The van der Waals surface area contributed by atoms with E-state index in [1.165, 1.54) is 30.5 Å². The minimum absolute atomic E-state index is 0.0422. The average Bonchev–Trinajstić information content (AvgIpc) is 3.23. The van der Waals surface area contributed by atoms with Gasteiger partial charge in [0, 0.05) is 22.9 Å². The van der Waals surface area contributed by atoms with Crippen molar-refractivity contribution in [2.75, 3.05) is 0 Å². The Morgan fingerprint density at radius 1 is 1.29 bits per heavy atom. The van der Waals surface area contributed by atoms with Gasteiger partial charge in [-0.15, -0.1) is 0 Å². The Morgan fingerprint density at radius 2 is 2.00 bits per heavy atom. The summed E-state index contributed by atoms with van der Waals surface area (Å²) < 4.78 is 64.3. The number of aliphatic hydroxyl groups is 1. The van der Waals surface area contributed by atoms with Gasteiger partial charge in [0.05, 0.1) is 28.6 Å². The van der Waals surface area contributed by atoms with Crippen molar-refractivity contribution in [1.82, 2.24) is 14.3 Å². The molecule has 0 radical (unpaired) electrons. The average molecular weight is 498 g/mol. The second-order valence-corrected chi connectivity index (χ2v) is 9.48. The van der Waals surface area contributed by atoms with E-state index in [0.29, 0.717) is 12.8 Å². The van der Waals surface area contributed by atoms with Gasteiger partial charge in [-0.25, -0.2) is 9.18 Å². The zero-order valence-corrected chi connectivity index (χ0v) is 18.7. The summed E-state index contributed by atoms with van der Waals surface area (Å²) >= 11 is 6.16. The molecule has 34 heavy (non-hydrogen) atoms. The van der Waals surface area contributed by atoms with Gasteiger partial charge in [-0.3, -0.25) is 9.25 Å². The Kier molecular flexibility index (Phi) is 5.29. The molecule has 2 aliphatic rings. The standard InChI is InChI=1S/C23H20ClF4N3O3/c1-22(33)8-13(9-22)31-20(23(26,27)28)15(10-29-31)18-7-12(19-16(24)3-2-4-17(19)25)11-30(18)21(32)34-14-5-6-14/h2-4,7,10-11,13-14,33H,5-6,8-9H2,1H3. The fraction of sp³-hybridized carbons (Fsp3) is 0.391. The van der Waals surface area contributed by atoms with Crippen LogP contribution in [0, 0.1) is 5.82 Å². The third-order valence-corrected chi connectivity index (χ3v) is 6.41. The quantitative estimate of drug-likeness (QED) is 0.445. The number of rotatable bonds is 4. The molecule has 3 aromatic rings. The van der Waals surface area contributed by atoms with E-state index < -0.39 is 35.4 Å². The van der Waals surface area contributed by atoms with E-state index >= 15 is 0 Å². The predicted molar refractivity (Wildman–Crippen MR) is 115 cm³/mol. The van der Waals surface area contributed by atoms with Gasteiger partial charge >= 0.3 is 12.3 Å². The van der Waals surface area contributed by atoms with Crippen molar-refractivity contribution in [1.29, 1.82) is 0 Å². The van der Waals surface area contributed by atoms with Crippen molar-refractivity contribution in [2.45, 2.75) is 56.5 Å². The molecular weight excluding hydrogens is 478 g/mol. The fourth-order valence-electron chi connectivity index (χ4n) is 4.35. The number of aromatic nitrogens is 3. The van der Waals surface area contributed by atoms with E-state index in [9.17, 15) is 27.5 Å². The summed E-state index contributed by atoms with van der Waals surface area (Å²) in [5.74, 6) is -0.685. The van der Waals surface area contributed by atoms with Crippen LogP contribution in [0.3, 0.4) is 0 Å². The van der Waals surface area contributed by atoms with Crippen LogP contribution >= 0.6 is 11.6 Å². The second kappa shape index (κ2) is 7.84. The molecule has 1 N–H and O–H groups in total. The van der Waals surface area contributed by atoms with Gasteiger partial charge in [0.2, 0.25) is 0 Å². The highest BCUT2D eigenvalue weighted by atomic mass is 35.5. The lowest BCUT2D eigenvalue weighted by atomic mass is 9.77. The summed E-state index contributed by atoms with van der Waals surface area (Å²) in [5, 5.41) is 14.0. The van der Waals surface area contributed by atoms with Crippen molar-refractivity contribution < 1.29 is 32.2 Å². The van der Waals surface area contributed by atoms with Crippen LogP contribution in [0.4, 0.5) is 22.4 Å². The van der Waals surface area contributed by atoms with Gasteiger partial charge in [-0.1, -0.05) is 17.7 Å². The van der Waals surface area contributed by atoms with Crippen LogP contribution in [0.25, 0.3) is 22.4 Å². The van der Waals surface area contributed by atoms with E-state index in [2.05, 4.69) is 5.10 Å². The molecule has 6 nitrogen and oxygen atoms in total. The summed E-state index contributed by atoms with van der Waals surface area (Å²) in [6, 6.07) is 4.64. The second-order valence-electron chi connectivity index (χ2n) is 9.07. The molecular formula is C23H20ClF4N3O3. The van der Waals surface area contributed by atoms with Crippen molar-refractivity contribution >= 4 is 17.7 Å². The maximum atomic E-state index is 14.6. The molecule has 0 bridgehead atoms. The lowest BCUT2D eigenvalue weighted by Crippen LogP contribution is -2.43. The highest BCUT2D eigenvalue weighted by Gasteiger charge is 2.46. The molecule has 0 atom stereocenters. The molecule has 180 valence electrons. The number of carbonyl (C=O) groups is 1. The number of hydrogen-bond donors (Lipinski definition) is 1. The van der Waals surface area contributed by atoms with Crippen molar-refractivity contribution in [3.63, 3.8) is 0 Å². The molecule has 2 aromatic heterocycles. The van der Waals surface area contributed by atoms with Gasteiger partial charge in [-0.05, 0) is 50.8 Å². The highest BCUT2D eigenvalue weighted by Crippen LogP contribution is 2.46. The molecule has 2 fully saturated rings. The first-order valence-corrected chi connectivity index (χ1v) is 11.1. The monoisotopic (exact) mass is 497 g/mol. The van der Waals surface area contributed by atoms with E-state index in [0.717, 1.165) is 15.4 Å². The minimum atomic E-state index is -4.81. The van der Waals surface area contributed by atoms with Crippen LogP contribution in [0.2, 0.25) is 5.02 Å². The maximum absolute atomic E-state index is 14.6. The molecule has 0 spiro atoms. The third-order valence-electron chi connectivity index (χ3n) is 6.10. The zero-order valence-electron chi connectivity index (χ0n) is 17.9. The molecule has 0 aliphatic heterocycles. The van der Waals surface area contributed by atoms with Crippen LogP contribution in [-0.2, 0) is 10.9 Å². The topological polar surface area (TPSA) is 69.3 Å². The lowest BCUT2D eigenvalue weighted by molar-refractivity contribution is -0.148. The van der Waals surface area contributed by atoms with Gasteiger partial charge in [0.25, 0.3) is 0 Å². The van der Waals surface area contributed by atoms with Gasteiger partial charge in [-0.2, -0.15) is 18.3 Å². The number of carbonyl (C=O) groups excluding carboxylic acids is 1. The molecule has 5 rings (SSSR count). The summed E-state index contributed by atoms with van der Waals surface area (Å²) in [6.07, 6.45) is -2.18. The van der Waals surface area contributed by atoms with Crippen molar-refractivity contribution in [3.8, 4) is 22.4 Å². The van der Waals surface area contributed by atoms with Crippen LogP contribution < -0.4 is 0 Å². The molecule has 2 heterocycles. The highest BCUT2D eigenvalue weighted by molar-refractivity contribution is 6.33. The molecule has 2 saturated carbocycles. The number of alkyl halides is 3. The van der Waals surface area contributed by atoms with E-state index in [-0.39, 0.29) is 46.4 Å². The molecule has 0 saturated heterocycles. The van der Waals surface area contributed by atoms with Crippen molar-refractivity contribution in [2.24, 2.45) is 0 Å². The van der Waals surface area contributed by atoms with E-state index in [4.69, 9.17) is 16.3 Å². The van der Waals surface area contributed by atoms with Gasteiger partial charge in [0.15, 0.2) is 5.69 Å². The zero-order chi connectivity index (χ0) is 24.4. The molecule has 0 amide bonds. The van der Waals surface area contributed by atoms with Crippen LogP contribution in [0.15, 0.2) is 36.7 Å². The van der Waals surface area contributed by atoms with Gasteiger partial charge < -0.3 is 9.84 Å². The smallest absolute Gasteiger partial charge is 0.433 e. The van der Waals surface area contributed by atoms with Crippen LogP contribution in [0.1, 0.15) is 44.3 Å². The molecule has 0 unspecified atom stereocenters. The van der Waals surface area contributed by atoms with Gasteiger partial charge in [0.1, 0.15) is 11.9 Å². The summed E-state index contributed by atoms with van der Waals surface area (Å²) in [5.41, 5.74) is -2.55. The van der Waals surface area contributed by atoms with Crippen LogP contribution in [0.5, 0.6) is 0 Å². The number of ether oxygens (including phenoxy) is 1. The predicted octanol–water partition coefficient (Wildman–Crippen LogP) is 6.06. The lowest BCUT2D eigenvalue weighted by Gasteiger charge is -2.41. The number of nitrogens with zero attached hydrogens (tertiary/aromatic N) is 3. The summed E-state index contributed by atoms with van der Waals surface area (Å²) in [4.78, 5) is 12.8. The number of benzene rings is 1. The van der Waals surface area contributed by atoms with E-state index in [1.807, 2.05) is 0 Å². The number of hydrogen-bond acceptors (Lipinski definition) is 4. The molecule has 1 aromatic carbocycles. The number of halogens is 5. The Bertz CT molecular complexity index is 1250. The summed E-state index contributed by atoms with van der Waals surface area (Å²) in [6.45, 7) is 1.55. The first-order valence-electron chi connectivity index (χ1n) is 10.7. The fourth-order valence-corrected chi connectivity index (χ4v) is 4.63. The Balaban J connectivity index is 1.66. The molecule has 2 aliphatic carbocycles.